The number of benzene rings is 3. The van der Waals surface area contributed by atoms with Gasteiger partial charge in [-0.15, -0.1) is 0 Å². The van der Waals surface area contributed by atoms with Crippen molar-refractivity contribution < 1.29 is 23.9 Å². The number of imide groups is 1. The number of hydrogen-bond donors (Lipinski definition) is 1. The van der Waals surface area contributed by atoms with Crippen LogP contribution in [-0.4, -0.2) is 43.0 Å². The van der Waals surface area contributed by atoms with Gasteiger partial charge in [0.15, 0.2) is 11.5 Å². The minimum atomic E-state index is -1.10. The Balaban J connectivity index is 1.64. The molecule has 2 saturated heterocycles. The van der Waals surface area contributed by atoms with E-state index in [2.05, 4.69) is 21.4 Å². The zero-order valence-electron chi connectivity index (χ0n) is 19.3. The molecule has 2 aliphatic heterocycles. The van der Waals surface area contributed by atoms with Gasteiger partial charge in [0.1, 0.15) is 6.04 Å². The average Bonchev–Trinajstić information content (AvgIpc) is 3.40. The van der Waals surface area contributed by atoms with E-state index in [9.17, 15) is 14.4 Å². The van der Waals surface area contributed by atoms with Gasteiger partial charge in [0.2, 0.25) is 5.91 Å². The number of ether oxygens (including phenoxy) is 2. The fraction of sp³-hybridized carbons (Fsp3) is 0.192. The van der Waals surface area contributed by atoms with E-state index in [4.69, 9.17) is 21.1 Å². The molecule has 0 bridgehead atoms. The van der Waals surface area contributed by atoms with Crippen LogP contribution in [0, 0.1) is 5.92 Å². The number of nitrogens with zero attached hydrogens (tertiary/aromatic N) is 2. The van der Waals surface area contributed by atoms with Crippen molar-refractivity contribution in [3.63, 3.8) is 0 Å². The Morgan fingerprint density at radius 2 is 1.72 bits per heavy atom. The largest absolute Gasteiger partial charge is 0.493 e. The fourth-order valence-electron chi connectivity index (χ4n) is 4.82. The molecule has 0 saturated carbocycles. The maximum absolute atomic E-state index is 13.8. The topological polar surface area (TPSA) is 88.2 Å². The smallest absolute Gasteiger partial charge is 0.268 e. The molecule has 2 aliphatic rings. The number of hydrazine groups is 1. The number of carbonyl (C=O) groups is 3. The molecular formula is C26H21BrClN3O5. The number of nitrogens with one attached hydrogen (secondary N) is 1. The molecule has 3 amide bonds. The van der Waals surface area contributed by atoms with Gasteiger partial charge in [-0.3, -0.25) is 19.4 Å². The summed E-state index contributed by atoms with van der Waals surface area (Å²) >= 11 is 9.74. The van der Waals surface area contributed by atoms with E-state index in [-0.39, 0.29) is 10.7 Å². The molecule has 2 fully saturated rings. The van der Waals surface area contributed by atoms with Gasteiger partial charge in [-0.05, 0) is 36.4 Å². The molecule has 3 atom stereocenters. The van der Waals surface area contributed by atoms with E-state index in [1.165, 1.54) is 19.2 Å². The number of carbonyl (C=O) groups excluding carboxylic acids is 3. The molecule has 0 spiro atoms. The molecule has 0 radical (unpaired) electrons. The summed E-state index contributed by atoms with van der Waals surface area (Å²) in [6.07, 6.45) is 0. The number of amides is 3. The Bertz CT molecular complexity index is 1380. The van der Waals surface area contributed by atoms with Crippen LogP contribution < -0.4 is 19.8 Å². The Morgan fingerprint density at radius 1 is 0.972 bits per heavy atom. The predicted octanol–water partition coefficient (Wildman–Crippen LogP) is 4.38. The summed E-state index contributed by atoms with van der Waals surface area (Å²) < 4.78 is 11.8. The van der Waals surface area contributed by atoms with Gasteiger partial charge in [-0.1, -0.05) is 57.9 Å². The van der Waals surface area contributed by atoms with Crippen molar-refractivity contribution in [1.82, 2.24) is 10.4 Å². The Hall–Kier alpha value is -3.40. The molecule has 0 aliphatic carbocycles. The summed E-state index contributed by atoms with van der Waals surface area (Å²) in [6, 6.07) is 16.9. The molecule has 2 heterocycles. The molecule has 8 nitrogen and oxygen atoms in total. The molecule has 184 valence electrons. The van der Waals surface area contributed by atoms with Crippen LogP contribution in [-0.2, 0) is 9.59 Å². The number of para-hydroxylation sites is 2. The zero-order chi connectivity index (χ0) is 25.6. The monoisotopic (exact) mass is 569 g/mol. The van der Waals surface area contributed by atoms with Crippen molar-refractivity contribution in [2.24, 2.45) is 5.92 Å². The Labute approximate surface area is 220 Å². The summed E-state index contributed by atoms with van der Waals surface area (Å²) in [6.45, 7) is 0. The Kier molecular flexibility index (Phi) is 6.46. The number of fused-ring (bicyclic) bond motifs is 1. The fourth-order valence-corrected chi connectivity index (χ4v) is 5.44. The maximum atomic E-state index is 13.8. The first kappa shape index (κ1) is 24.3. The second-order valence-corrected chi connectivity index (χ2v) is 9.63. The molecule has 36 heavy (non-hydrogen) atoms. The standard InChI is InChI=1S/C26H21BrClN3O5/c1-35-19-12-6-9-16(23(19)36-2)21-20-22(31(29-21)24(32)14-7-5-8-15(27)13-14)26(34)30(25(20)33)18-11-4-3-10-17(18)28/h3-13,20-22,29H,1-2H3/t20-,21+,22+/m1/s1. The summed E-state index contributed by atoms with van der Waals surface area (Å²) in [5, 5.41) is 1.50. The van der Waals surface area contributed by atoms with Crippen molar-refractivity contribution in [2.45, 2.75) is 12.1 Å². The normalized spacial score (nSPS) is 21.1. The highest BCUT2D eigenvalue weighted by molar-refractivity contribution is 9.10. The predicted molar refractivity (Wildman–Crippen MR) is 137 cm³/mol. The van der Waals surface area contributed by atoms with Crippen LogP contribution in [0.15, 0.2) is 71.2 Å². The van der Waals surface area contributed by atoms with E-state index >= 15 is 0 Å². The molecule has 0 unspecified atom stereocenters. The SMILES string of the molecule is COc1cccc([C@@H]2NN(C(=O)c3cccc(Br)c3)[C@@H]3C(=O)N(c4ccccc4Cl)C(=O)[C@@H]32)c1OC. The van der Waals surface area contributed by atoms with Crippen LogP contribution in [0.25, 0.3) is 0 Å². The lowest BCUT2D eigenvalue weighted by molar-refractivity contribution is -0.123. The Morgan fingerprint density at radius 3 is 2.42 bits per heavy atom. The second-order valence-electron chi connectivity index (χ2n) is 8.31. The molecule has 5 rings (SSSR count). The van der Waals surface area contributed by atoms with E-state index in [0.717, 1.165) is 4.90 Å². The highest BCUT2D eigenvalue weighted by Gasteiger charge is 2.61. The van der Waals surface area contributed by atoms with Crippen molar-refractivity contribution in [1.29, 1.82) is 0 Å². The van der Waals surface area contributed by atoms with Crippen LogP contribution in [0.1, 0.15) is 22.0 Å². The first-order valence-electron chi connectivity index (χ1n) is 11.1. The van der Waals surface area contributed by atoms with Gasteiger partial charge in [0, 0.05) is 15.6 Å². The number of anilines is 1. The molecule has 1 N–H and O–H groups in total. The first-order valence-corrected chi connectivity index (χ1v) is 12.2. The lowest BCUT2D eigenvalue weighted by Gasteiger charge is -2.26. The number of hydrogen-bond acceptors (Lipinski definition) is 6. The first-order chi connectivity index (χ1) is 17.4. The molecule has 0 aromatic heterocycles. The highest BCUT2D eigenvalue weighted by Crippen LogP contribution is 2.47. The van der Waals surface area contributed by atoms with E-state index in [0.29, 0.717) is 27.1 Å². The van der Waals surface area contributed by atoms with E-state index in [1.807, 2.05) is 0 Å². The van der Waals surface area contributed by atoms with Gasteiger partial charge in [-0.2, -0.15) is 0 Å². The van der Waals surface area contributed by atoms with Crippen molar-refractivity contribution >= 4 is 50.9 Å². The molecular weight excluding hydrogens is 550 g/mol. The number of methoxy groups -OCH3 is 2. The van der Waals surface area contributed by atoms with Gasteiger partial charge < -0.3 is 9.47 Å². The summed E-state index contributed by atoms with van der Waals surface area (Å²) in [5.41, 5.74) is 4.34. The molecule has 3 aromatic carbocycles. The van der Waals surface area contributed by atoms with Crippen LogP contribution >= 0.6 is 27.5 Å². The third-order valence-electron chi connectivity index (χ3n) is 6.39. The second kappa shape index (κ2) is 9.57. The van der Waals surface area contributed by atoms with Crippen LogP contribution in [0.2, 0.25) is 5.02 Å². The van der Waals surface area contributed by atoms with Crippen molar-refractivity contribution in [3.8, 4) is 11.5 Å². The van der Waals surface area contributed by atoms with E-state index in [1.54, 1.807) is 66.7 Å². The van der Waals surface area contributed by atoms with Gasteiger partial charge in [0.25, 0.3) is 11.8 Å². The molecule has 3 aromatic rings. The minimum absolute atomic E-state index is 0.257. The molecule has 10 heteroatoms. The summed E-state index contributed by atoms with van der Waals surface area (Å²) in [4.78, 5) is 42.3. The lowest BCUT2D eigenvalue weighted by atomic mass is 9.90. The van der Waals surface area contributed by atoms with Crippen molar-refractivity contribution in [3.05, 3.63) is 87.4 Å². The third-order valence-corrected chi connectivity index (χ3v) is 7.20. The van der Waals surface area contributed by atoms with Crippen LogP contribution in [0.5, 0.6) is 11.5 Å². The van der Waals surface area contributed by atoms with Crippen molar-refractivity contribution in [2.75, 3.05) is 19.1 Å². The number of halogens is 2. The lowest BCUT2D eigenvalue weighted by Crippen LogP contribution is -2.48. The van der Waals surface area contributed by atoms with Gasteiger partial charge >= 0.3 is 0 Å². The van der Waals surface area contributed by atoms with Gasteiger partial charge in [0.05, 0.1) is 36.9 Å². The quantitative estimate of drug-likeness (QED) is 0.458. The van der Waals surface area contributed by atoms with E-state index < -0.39 is 35.7 Å². The van der Waals surface area contributed by atoms with Crippen LogP contribution in [0.4, 0.5) is 5.69 Å². The number of rotatable bonds is 5. The van der Waals surface area contributed by atoms with Gasteiger partial charge in [-0.25, -0.2) is 10.3 Å². The summed E-state index contributed by atoms with van der Waals surface area (Å²) in [7, 11) is 3.01. The minimum Gasteiger partial charge on any atom is -0.493 e. The summed E-state index contributed by atoms with van der Waals surface area (Å²) in [5.74, 6) is -1.51. The zero-order valence-corrected chi connectivity index (χ0v) is 21.6. The highest BCUT2D eigenvalue weighted by atomic mass is 79.9. The third kappa shape index (κ3) is 3.84. The average molecular weight is 571 g/mol. The van der Waals surface area contributed by atoms with Crippen LogP contribution in [0.3, 0.4) is 0 Å². The maximum Gasteiger partial charge on any atom is 0.268 e.